The van der Waals surface area contributed by atoms with Gasteiger partial charge in [-0.15, -0.1) is 58.8 Å². The zero-order chi connectivity index (χ0) is 77.1. The zero-order valence-corrected chi connectivity index (χ0v) is 71.4. The first-order valence-electron chi connectivity index (χ1n) is 33.4. The van der Waals surface area contributed by atoms with Crippen molar-refractivity contribution < 1.29 is 58.2 Å². The van der Waals surface area contributed by atoms with E-state index in [1.807, 2.05) is 231 Å². The molecule has 16 nitrogen and oxygen atoms in total. The molecule has 0 aromatic carbocycles. The van der Waals surface area contributed by atoms with Crippen LogP contribution in [-0.4, -0.2) is 152 Å². The van der Waals surface area contributed by atoms with Crippen LogP contribution in [0.2, 0.25) is 0 Å². The van der Waals surface area contributed by atoms with Gasteiger partial charge in [0, 0.05) is 89.4 Å². The summed E-state index contributed by atoms with van der Waals surface area (Å²) in [6.07, 6.45) is 1.60. The third-order valence-electron chi connectivity index (χ3n) is 11.9. The first kappa shape index (κ1) is 98.6. The Hall–Kier alpha value is -2.75. The molecule has 0 radical (unpaired) electrons. The van der Waals surface area contributed by atoms with Gasteiger partial charge in [0.1, 0.15) is 22.4 Å². The Kier molecular flexibility index (Phi) is 39.8. The molecule has 4 unspecified atom stereocenters. The minimum absolute atomic E-state index is 0.00843. The second-order valence-corrected chi connectivity index (χ2v) is 47.9. The van der Waals surface area contributed by atoms with Gasteiger partial charge in [-0.25, -0.2) is 0 Å². The van der Waals surface area contributed by atoms with Crippen molar-refractivity contribution in [1.82, 2.24) is 15.1 Å². The van der Waals surface area contributed by atoms with Crippen LogP contribution in [0.4, 0.5) is 0 Å². The molecule has 2 fully saturated rings. The fourth-order valence-corrected chi connectivity index (χ4v) is 13.6. The van der Waals surface area contributed by atoms with Crippen molar-refractivity contribution in [3.63, 3.8) is 0 Å². The summed E-state index contributed by atoms with van der Waals surface area (Å²) in [4.78, 5) is 113. The number of rotatable bonds is 16. The zero-order valence-electron chi connectivity index (χ0n) is 67.3. The predicted molar refractivity (Wildman–Crippen MR) is 411 cm³/mol. The summed E-state index contributed by atoms with van der Waals surface area (Å²) in [7, 11) is 0. The summed E-state index contributed by atoms with van der Waals surface area (Å²) in [6.45, 7) is 78.6. The molecule has 95 heavy (non-hydrogen) atoms. The number of aliphatic carboxylic acids is 2. The van der Waals surface area contributed by atoms with Crippen molar-refractivity contribution in [2.24, 2.45) is 32.7 Å². The number of Topliss-reactive ketones (excluding diaryl/α,β-unsaturated/α-hetero) is 2. The first-order valence-corrected chi connectivity index (χ1v) is 38.0. The molecule has 2 aliphatic rings. The van der Waals surface area contributed by atoms with E-state index in [-0.39, 0.29) is 122 Å². The number of imide groups is 2. The number of nitrogens with zero attached hydrogens (tertiary/aromatic N) is 3. The van der Waals surface area contributed by atoms with Crippen LogP contribution in [0, 0.1) is 27.6 Å². The van der Waals surface area contributed by atoms with Crippen molar-refractivity contribution in [2.75, 3.05) is 11.5 Å². The van der Waals surface area contributed by atoms with Gasteiger partial charge in [-0.3, -0.25) is 53.0 Å². The van der Waals surface area contributed by atoms with Gasteiger partial charge in [-0.1, -0.05) is 192 Å². The number of carboxylic acid groups (broad SMARTS) is 2. The Morgan fingerprint density at radius 3 is 1.14 bits per heavy atom. The highest BCUT2D eigenvalue weighted by Crippen LogP contribution is 2.40. The highest BCUT2D eigenvalue weighted by atomic mass is 32.2. The molecule has 2 rings (SSSR count). The van der Waals surface area contributed by atoms with Crippen molar-refractivity contribution in [1.29, 1.82) is 0 Å². The molecule has 4 atom stereocenters. The van der Waals surface area contributed by atoms with Crippen molar-refractivity contribution >= 4 is 118 Å². The number of carbonyl (C=O) groups excluding carboxylic acids is 7. The minimum atomic E-state index is -0.908. The quantitative estimate of drug-likeness (QED) is 0.0740. The van der Waals surface area contributed by atoms with E-state index in [1.165, 1.54) is 33.3 Å². The predicted octanol–water partition coefficient (Wildman–Crippen LogP) is 18.6. The largest absolute Gasteiger partial charge is 0.481 e. The Balaban J connectivity index is -0.000000526. The molecule has 2 saturated heterocycles. The SMILES string of the molecule is CC(C)(C)C1CC(=O)N(C(C)(C)C)C1=O.CC(C)(C)CC(=O)C(CC(=O)O)SC(C)(C)C.CC(C)(C)CC(=O)CC(SC(C)(C)C)C(=O)O.CC(C)(C)NC(=O)C(C)(C)C.CC(C)(C)ON=C(CSC(C)(C)C)CSC(C)(C)C.CC(C)(C)SC1CC(=O)N(C(C)(C)C)C1=O. The van der Waals surface area contributed by atoms with E-state index in [2.05, 4.69) is 72.8 Å². The molecule has 21 heteroatoms. The molecule has 3 N–H and O–H groups in total. The second kappa shape index (κ2) is 38.3. The second-order valence-electron chi connectivity index (χ2n) is 38.2. The van der Waals surface area contributed by atoms with Gasteiger partial charge < -0.3 is 20.4 Å². The molecular weight excluding hydrogens is 1300 g/mol. The van der Waals surface area contributed by atoms with Crippen LogP contribution in [0.1, 0.15) is 309 Å². The monoisotopic (exact) mass is 1440 g/mol. The average Bonchev–Trinajstić information content (AvgIpc) is 1.65. The fraction of sp³-hybridized carbons (Fsp3) is 0.865. The third kappa shape index (κ3) is 52.9. The Morgan fingerprint density at radius 1 is 0.505 bits per heavy atom. The number of hydrogen-bond acceptors (Lipinski definition) is 16. The van der Waals surface area contributed by atoms with Gasteiger partial charge >= 0.3 is 11.9 Å². The van der Waals surface area contributed by atoms with E-state index in [0.29, 0.717) is 25.7 Å². The molecule has 5 amide bonds. The summed E-state index contributed by atoms with van der Waals surface area (Å²) in [5.41, 5.74) is -0.585. The van der Waals surface area contributed by atoms with Crippen LogP contribution in [0.15, 0.2) is 5.16 Å². The summed E-state index contributed by atoms with van der Waals surface area (Å²) >= 11 is 8.21. The van der Waals surface area contributed by atoms with Gasteiger partial charge in [0.15, 0.2) is 0 Å². The van der Waals surface area contributed by atoms with Gasteiger partial charge in [0.05, 0.1) is 28.6 Å². The van der Waals surface area contributed by atoms with E-state index in [0.717, 1.165) is 17.2 Å². The Labute approximate surface area is 601 Å². The van der Waals surface area contributed by atoms with Crippen LogP contribution in [0.3, 0.4) is 0 Å². The van der Waals surface area contributed by atoms with E-state index < -0.39 is 33.5 Å². The normalized spacial score (nSPS) is 17.0. The maximum atomic E-state index is 12.1. The van der Waals surface area contributed by atoms with Gasteiger partial charge in [0.2, 0.25) is 29.5 Å². The van der Waals surface area contributed by atoms with Crippen LogP contribution in [-0.2, 0) is 48.0 Å². The van der Waals surface area contributed by atoms with Gasteiger partial charge in [0.25, 0.3) is 0 Å². The molecule has 0 saturated carbocycles. The number of carbonyl (C=O) groups is 9. The smallest absolute Gasteiger partial charge is 0.317 e. The summed E-state index contributed by atoms with van der Waals surface area (Å²) in [6, 6.07) is 0. The van der Waals surface area contributed by atoms with Crippen LogP contribution in [0.25, 0.3) is 0 Å². The molecule has 0 bridgehead atoms. The van der Waals surface area contributed by atoms with Crippen LogP contribution >= 0.6 is 58.8 Å². The number of nitrogens with one attached hydrogen (secondary N) is 1. The van der Waals surface area contributed by atoms with E-state index in [9.17, 15) is 43.2 Å². The fourth-order valence-electron chi connectivity index (χ4n) is 8.18. The average molecular weight is 1440 g/mol. The maximum absolute atomic E-state index is 12.1. The summed E-state index contributed by atoms with van der Waals surface area (Å²) in [5.74, 6) is -0.0494. The third-order valence-corrected chi connectivity index (χ3v) is 18.8. The maximum Gasteiger partial charge on any atom is 0.317 e. The van der Waals surface area contributed by atoms with Crippen LogP contribution in [0.5, 0.6) is 0 Å². The molecule has 0 aromatic rings. The molecular formula is C74H140N4O12S5. The lowest BCUT2D eigenvalue weighted by molar-refractivity contribution is -0.146. The van der Waals surface area contributed by atoms with Crippen LogP contribution < -0.4 is 5.32 Å². The van der Waals surface area contributed by atoms with E-state index >= 15 is 0 Å². The Morgan fingerprint density at radius 2 is 0.884 bits per heavy atom. The van der Waals surface area contributed by atoms with Crippen molar-refractivity contribution in [3.8, 4) is 0 Å². The van der Waals surface area contributed by atoms with Gasteiger partial charge in [-0.05, 0) is 99.3 Å². The first-order chi connectivity index (χ1) is 41.3. The van der Waals surface area contributed by atoms with E-state index in [1.54, 1.807) is 11.8 Å². The summed E-state index contributed by atoms with van der Waals surface area (Å²) in [5, 5.41) is 24.0. The number of amides is 5. The van der Waals surface area contributed by atoms with Crippen molar-refractivity contribution in [2.45, 2.75) is 370 Å². The lowest BCUT2D eigenvalue weighted by Gasteiger charge is -2.32. The van der Waals surface area contributed by atoms with Crippen molar-refractivity contribution in [3.05, 3.63) is 0 Å². The number of likely N-dealkylation sites (tertiary alicyclic amines) is 2. The van der Waals surface area contributed by atoms with Gasteiger partial charge in [-0.2, -0.15) is 0 Å². The highest BCUT2D eigenvalue weighted by molar-refractivity contribution is 8.03. The number of carboxylic acids is 2. The number of hydrogen-bond donors (Lipinski definition) is 3. The number of oxime groups is 1. The molecule has 2 heterocycles. The number of thioether (sulfide) groups is 5. The minimum Gasteiger partial charge on any atom is -0.481 e. The molecule has 558 valence electrons. The molecule has 0 spiro atoms. The lowest BCUT2D eigenvalue weighted by atomic mass is 9.80. The molecule has 2 aliphatic heterocycles. The topological polar surface area (TPSA) is 234 Å². The highest BCUT2D eigenvalue weighted by Gasteiger charge is 2.49. The number of ketones is 2. The Bertz CT molecular complexity index is 2490. The molecule has 0 aromatic heterocycles. The molecule has 0 aliphatic carbocycles. The summed E-state index contributed by atoms with van der Waals surface area (Å²) < 4.78 is 0.275. The lowest BCUT2D eigenvalue weighted by Crippen LogP contribution is -2.46. The van der Waals surface area contributed by atoms with E-state index in [4.69, 9.17) is 15.1 Å². The standard InChI is InChI=1S/C15H31NOS2.2C13H24O3S.C12H21NO2S.C12H21NO2.C9H19NO/c1-13(2,3)17-16-12(10-18-14(4,5)6)11-19-15(7,8)9;1-12(2,3)8-9(14)10(7-11(15)16)17-13(4,5)6;1-12(2,3)8-9(14)7-10(11(15)16)17-13(4,5)6;1-11(2,3)13-9(14)7-8(10(13)15)16-12(4,5)6;1-11(2,3)8-7-9(14)13(10(8)15)12(4,5)6;1-8(2,3)7(11)10-9(4,5)6/h10-11H2,1-9H3;2*10H,7-8H2,1-6H3,(H,15,16);8H,7H2,1-6H3;8H,7H2,1-6H3;1-6H3,(H,10,11).